The Morgan fingerprint density at radius 3 is 2.43 bits per heavy atom. The molecule has 4 atom stereocenters. The van der Waals surface area contributed by atoms with Crippen LogP contribution in [0.1, 0.15) is 30.4 Å². The molecule has 6 nitrogen and oxygen atoms in total. The van der Waals surface area contributed by atoms with Crippen LogP contribution in [-0.4, -0.2) is 22.4 Å². The zero-order chi connectivity index (χ0) is 21.3. The number of aliphatic hydroxyl groups is 1. The molecule has 2 aromatic rings. The molecule has 1 aliphatic heterocycles. The van der Waals surface area contributed by atoms with Crippen molar-refractivity contribution in [3.05, 3.63) is 71.8 Å². The number of nitriles is 2. The molecule has 1 saturated carbocycles. The first-order chi connectivity index (χ1) is 14.5. The van der Waals surface area contributed by atoms with E-state index in [1.165, 1.54) is 6.07 Å². The highest BCUT2D eigenvalue weighted by molar-refractivity contribution is 6.13. The van der Waals surface area contributed by atoms with Gasteiger partial charge in [0.2, 0.25) is 11.8 Å². The smallest absolute Gasteiger partial charge is 0.222 e. The Bertz CT molecular complexity index is 1140. The molecule has 2 aliphatic rings. The fraction of sp³-hybridized carbons (Fsp3) is 0.304. The van der Waals surface area contributed by atoms with Gasteiger partial charge in [0.25, 0.3) is 0 Å². The van der Waals surface area contributed by atoms with Crippen LogP contribution in [0.25, 0.3) is 0 Å². The molecular weight excluding hydrogens is 381 g/mol. The van der Waals surface area contributed by atoms with Crippen LogP contribution >= 0.6 is 0 Å². The van der Waals surface area contributed by atoms with Crippen LogP contribution in [0.5, 0.6) is 0 Å². The zero-order valence-electron chi connectivity index (χ0n) is 16.0. The van der Waals surface area contributed by atoms with Gasteiger partial charge < -0.3 is 5.11 Å². The van der Waals surface area contributed by atoms with Crippen LogP contribution in [0.2, 0.25) is 0 Å². The number of pyridine rings is 1. The summed E-state index contributed by atoms with van der Waals surface area (Å²) in [5.74, 6) is -0.510. The third-order valence-electron chi connectivity index (χ3n) is 5.86. The quantitative estimate of drug-likeness (QED) is 0.468. The standard InChI is InChI=1S/C23H19FN5O/c24-19-7-3-2-6-17(19)20-18(14-27)21(15(12-25)13-26)28-23(30,16-8-9-16)22(20)29-10-4-1-5-11-29/h1-7,10-11,16,18,20,22,25,30H,8-9H2/q+1/t18-,20+,22-,23+/m1/s1. The lowest BCUT2D eigenvalue weighted by Gasteiger charge is -2.40. The molecule has 1 aromatic heterocycles. The van der Waals surface area contributed by atoms with E-state index in [9.17, 15) is 20.0 Å². The highest BCUT2D eigenvalue weighted by Gasteiger charge is 2.62. The second-order valence-electron chi connectivity index (χ2n) is 7.59. The van der Waals surface area contributed by atoms with Gasteiger partial charge in [-0.15, -0.1) is 0 Å². The number of aromatic nitrogens is 1. The van der Waals surface area contributed by atoms with Crippen molar-refractivity contribution in [2.24, 2.45) is 16.8 Å². The number of allylic oxidation sites excluding steroid dienone is 1. The fourth-order valence-electron chi connectivity index (χ4n) is 4.39. The highest BCUT2D eigenvalue weighted by atomic mass is 19.1. The average molecular weight is 400 g/mol. The van der Waals surface area contributed by atoms with Gasteiger partial charge in [-0.1, -0.05) is 24.3 Å². The normalized spacial score (nSPS) is 27.9. The zero-order valence-corrected chi connectivity index (χ0v) is 16.0. The number of aliphatic imine (C=N–C) groups is 1. The molecule has 7 heteroatoms. The molecule has 1 aromatic carbocycles. The van der Waals surface area contributed by atoms with Crippen LogP contribution in [0.15, 0.2) is 65.4 Å². The van der Waals surface area contributed by atoms with E-state index in [0.29, 0.717) is 0 Å². The Labute approximate surface area is 173 Å². The van der Waals surface area contributed by atoms with Crippen LogP contribution < -0.4 is 4.57 Å². The van der Waals surface area contributed by atoms with Crippen molar-refractivity contribution >= 4 is 11.6 Å². The Balaban J connectivity index is 2.04. The summed E-state index contributed by atoms with van der Waals surface area (Å²) >= 11 is 0. The Morgan fingerprint density at radius 1 is 1.17 bits per heavy atom. The maximum Gasteiger partial charge on any atom is 0.222 e. The molecule has 1 fully saturated rings. The molecule has 4 rings (SSSR count). The summed E-state index contributed by atoms with van der Waals surface area (Å²) in [6, 6.07) is 14.8. The van der Waals surface area contributed by atoms with E-state index >= 15 is 0 Å². The molecule has 1 aliphatic carbocycles. The van der Waals surface area contributed by atoms with E-state index in [1.807, 2.05) is 18.0 Å². The van der Waals surface area contributed by atoms with E-state index in [0.717, 1.165) is 12.8 Å². The van der Waals surface area contributed by atoms with E-state index < -0.39 is 29.4 Å². The van der Waals surface area contributed by atoms with Gasteiger partial charge >= 0.3 is 0 Å². The van der Waals surface area contributed by atoms with Gasteiger partial charge in [0.1, 0.15) is 23.4 Å². The minimum Gasteiger partial charge on any atom is -0.364 e. The monoisotopic (exact) mass is 400 g/mol. The van der Waals surface area contributed by atoms with Crippen molar-refractivity contribution in [1.29, 1.82) is 15.9 Å². The number of rotatable bonds is 4. The first kappa shape index (κ1) is 19.7. The lowest BCUT2D eigenvalue weighted by Crippen LogP contribution is -2.60. The second-order valence-corrected chi connectivity index (χ2v) is 7.59. The van der Waals surface area contributed by atoms with E-state index in [2.05, 4.69) is 11.1 Å². The summed E-state index contributed by atoms with van der Waals surface area (Å²) in [6.07, 6.45) is 4.99. The van der Waals surface area contributed by atoms with Gasteiger partial charge in [-0.3, -0.25) is 5.41 Å². The lowest BCUT2D eigenvalue weighted by atomic mass is 9.70. The maximum absolute atomic E-state index is 15.0. The summed E-state index contributed by atoms with van der Waals surface area (Å²) in [7, 11) is 0. The van der Waals surface area contributed by atoms with Crippen molar-refractivity contribution in [3.63, 3.8) is 0 Å². The number of halogens is 1. The molecule has 2 heterocycles. The number of hydrogen-bond donors (Lipinski definition) is 2. The van der Waals surface area contributed by atoms with Crippen molar-refractivity contribution in [2.45, 2.75) is 30.5 Å². The Hall–Kier alpha value is -3.64. The van der Waals surface area contributed by atoms with E-state index in [1.54, 1.807) is 47.3 Å². The van der Waals surface area contributed by atoms with Crippen molar-refractivity contribution in [1.82, 2.24) is 0 Å². The molecule has 0 spiro atoms. The molecule has 148 valence electrons. The van der Waals surface area contributed by atoms with Gasteiger partial charge in [0, 0.05) is 18.1 Å². The number of hydrogen-bond acceptors (Lipinski definition) is 5. The van der Waals surface area contributed by atoms with Crippen molar-refractivity contribution < 1.29 is 14.1 Å². The Morgan fingerprint density at radius 2 is 1.87 bits per heavy atom. The van der Waals surface area contributed by atoms with Crippen LogP contribution in [0, 0.1) is 45.7 Å². The molecule has 2 N–H and O–H groups in total. The summed E-state index contributed by atoms with van der Waals surface area (Å²) in [6.45, 7) is 0. The summed E-state index contributed by atoms with van der Waals surface area (Å²) in [4.78, 5) is 4.50. The van der Waals surface area contributed by atoms with Gasteiger partial charge in [-0.25, -0.2) is 9.38 Å². The first-order valence-corrected chi connectivity index (χ1v) is 9.67. The van der Waals surface area contributed by atoms with Crippen molar-refractivity contribution in [3.8, 4) is 12.1 Å². The predicted molar refractivity (Wildman–Crippen MR) is 106 cm³/mol. The predicted octanol–water partition coefficient (Wildman–Crippen LogP) is 2.83. The molecule has 0 radical (unpaired) electrons. The first-order valence-electron chi connectivity index (χ1n) is 9.67. The van der Waals surface area contributed by atoms with Gasteiger partial charge in [-0.05, 0) is 30.3 Å². The maximum atomic E-state index is 15.0. The van der Waals surface area contributed by atoms with Crippen molar-refractivity contribution in [2.75, 3.05) is 0 Å². The van der Waals surface area contributed by atoms with E-state index in [4.69, 9.17) is 5.41 Å². The molecule has 0 amide bonds. The van der Waals surface area contributed by atoms with Crippen LogP contribution in [-0.2, 0) is 0 Å². The topological polar surface area (TPSA) is 108 Å². The third-order valence-corrected chi connectivity index (χ3v) is 5.86. The Kier molecular flexibility index (Phi) is 5.01. The molecule has 0 unspecified atom stereocenters. The largest absolute Gasteiger partial charge is 0.364 e. The number of nitrogens with zero attached hydrogens (tertiary/aromatic N) is 4. The molecular formula is C23H19FN5O+. The minimum absolute atomic E-state index is 0.00886. The highest BCUT2D eigenvalue weighted by Crippen LogP contribution is 2.54. The number of nitrogens with one attached hydrogen (secondary N) is 1. The van der Waals surface area contributed by atoms with E-state index in [-0.39, 0.29) is 22.8 Å². The molecule has 30 heavy (non-hydrogen) atoms. The lowest BCUT2D eigenvalue weighted by molar-refractivity contribution is -0.743. The van der Waals surface area contributed by atoms with Gasteiger partial charge in [0.05, 0.1) is 17.7 Å². The average Bonchev–Trinajstić information content (AvgIpc) is 3.61. The second kappa shape index (κ2) is 7.65. The van der Waals surface area contributed by atoms with Crippen LogP contribution in [0.4, 0.5) is 4.39 Å². The minimum atomic E-state index is -1.65. The van der Waals surface area contributed by atoms with Gasteiger partial charge in [0.15, 0.2) is 12.4 Å². The summed E-state index contributed by atoms with van der Waals surface area (Å²) in [5, 5.41) is 38.8. The molecule has 0 bridgehead atoms. The SMILES string of the molecule is N#CC(=C=N)C1=N[C@](O)(C2CC2)[C@H]([n+]2ccccc2)[C@@H](c2ccccc2F)[C@H]1C#N. The number of benzene rings is 1. The van der Waals surface area contributed by atoms with Gasteiger partial charge in [-0.2, -0.15) is 15.1 Å². The van der Waals surface area contributed by atoms with Crippen LogP contribution in [0.3, 0.4) is 0 Å². The third kappa shape index (κ3) is 3.11. The summed E-state index contributed by atoms with van der Waals surface area (Å²) in [5.41, 5.74) is -1.62. The molecule has 0 saturated heterocycles. The fourth-order valence-corrected chi connectivity index (χ4v) is 4.39. The summed E-state index contributed by atoms with van der Waals surface area (Å²) < 4.78 is 16.7.